The number of esters is 1. The van der Waals surface area contributed by atoms with Crippen molar-refractivity contribution in [3.05, 3.63) is 59.7 Å². The van der Waals surface area contributed by atoms with E-state index in [-0.39, 0.29) is 0 Å². The van der Waals surface area contributed by atoms with Gasteiger partial charge in [0, 0.05) is 5.69 Å². The minimum atomic E-state index is -0.951. The molecule has 0 saturated carbocycles. The maximum Gasteiger partial charge on any atom is 0.347 e. The number of nitrogens with one attached hydrogen (secondary N) is 1. The monoisotopic (exact) mass is 384 g/mol. The topological polar surface area (TPSA) is 86.2 Å². The van der Waals surface area contributed by atoms with E-state index in [2.05, 4.69) is 17.4 Å². The molecule has 0 fully saturated rings. The van der Waals surface area contributed by atoms with E-state index < -0.39 is 24.6 Å². The molecule has 0 aliphatic rings. The van der Waals surface area contributed by atoms with Crippen molar-refractivity contribution in [2.24, 2.45) is 5.16 Å². The third kappa shape index (κ3) is 6.75. The molecular formula is C21H24N2O5. The van der Waals surface area contributed by atoms with Crippen molar-refractivity contribution in [3.8, 4) is 5.75 Å². The van der Waals surface area contributed by atoms with Crippen molar-refractivity contribution in [3.63, 3.8) is 0 Å². The van der Waals surface area contributed by atoms with Crippen LogP contribution in [0.3, 0.4) is 0 Å². The van der Waals surface area contributed by atoms with Gasteiger partial charge in [0.15, 0.2) is 6.10 Å². The largest absolute Gasteiger partial charge is 0.497 e. The summed E-state index contributed by atoms with van der Waals surface area (Å²) in [5, 5.41) is 6.41. The van der Waals surface area contributed by atoms with Gasteiger partial charge in [0.1, 0.15) is 5.75 Å². The Morgan fingerprint density at radius 2 is 1.79 bits per heavy atom. The van der Waals surface area contributed by atoms with Gasteiger partial charge in [0.05, 0.1) is 13.3 Å². The van der Waals surface area contributed by atoms with Gasteiger partial charge < -0.3 is 19.6 Å². The molecule has 148 valence electrons. The number of hydrogen-bond donors (Lipinski definition) is 1. The van der Waals surface area contributed by atoms with E-state index in [4.69, 9.17) is 14.3 Å². The van der Waals surface area contributed by atoms with Gasteiger partial charge in [-0.3, -0.25) is 4.79 Å². The lowest BCUT2D eigenvalue weighted by Crippen LogP contribution is -2.31. The zero-order chi connectivity index (χ0) is 20.4. The molecule has 2 aromatic rings. The Kier molecular flexibility index (Phi) is 8.02. The Hall–Kier alpha value is -3.35. The van der Waals surface area contributed by atoms with Crippen LogP contribution in [0.2, 0.25) is 0 Å². The molecule has 0 bridgehead atoms. The number of ether oxygens (including phenoxy) is 2. The van der Waals surface area contributed by atoms with Crippen LogP contribution in [-0.4, -0.2) is 37.9 Å². The van der Waals surface area contributed by atoms with E-state index in [1.54, 1.807) is 31.4 Å². The number of amides is 1. The van der Waals surface area contributed by atoms with Crippen LogP contribution < -0.4 is 10.1 Å². The molecule has 2 rings (SSSR count). The molecule has 0 radical (unpaired) electrons. The minimum absolute atomic E-state index is 0.393. The van der Waals surface area contributed by atoms with E-state index in [1.165, 1.54) is 18.7 Å². The van der Waals surface area contributed by atoms with E-state index in [0.29, 0.717) is 5.69 Å². The maximum atomic E-state index is 12.1. The molecule has 0 aliphatic heterocycles. The lowest BCUT2D eigenvalue weighted by atomic mass is 10.1. The summed E-state index contributed by atoms with van der Waals surface area (Å²) < 4.78 is 10.1. The summed E-state index contributed by atoms with van der Waals surface area (Å²) in [5.74, 6) is -0.370. The highest BCUT2D eigenvalue weighted by molar-refractivity contribution is 5.95. The van der Waals surface area contributed by atoms with E-state index in [0.717, 1.165) is 17.7 Å². The predicted molar refractivity (Wildman–Crippen MR) is 107 cm³/mol. The highest BCUT2D eigenvalue weighted by Gasteiger charge is 2.18. The SMILES string of the molecule is CCc1ccc(NC(=O)[C@H](C)OC(=O)CO/N=C\c2ccc(OC)cc2)cc1. The molecule has 1 N–H and O–H groups in total. The van der Waals surface area contributed by atoms with E-state index >= 15 is 0 Å². The number of aryl methyl sites for hydroxylation is 1. The van der Waals surface area contributed by atoms with Crippen molar-refractivity contribution < 1.29 is 23.9 Å². The summed E-state index contributed by atoms with van der Waals surface area (Å²) in [4.78, 5) is 28.8. The molecule has 0 unspecified atom stereocenters. The lowest BCUT2D eigenvalue weighted by Gasteiger charge is -2.13. The fourth-order valence-corrected chi connectivity index (χ4v) is 2.23. The smallest absolute Gasteiger partial charge is 0.347 e. The number of anilines is 1. The van der Waals surface area contributed by atoms with Crippen LogP contribution in [-0.2, 0) is 25.6 Å². The Labute approximate surface area is 164 Å². The second-order valence-corrected chi connectivity index (χ2v) is 5.95. The van der Waals surface area contributed by atoms with Crippen LogP contribution in [0.15, 0.2) is 53.7 Å². The second kappa shape index (κ2) is 10.7. The molecule has 1 amide bonds. The van der Waals surface area contributed by atoms with E-state index in [9.17, 15) is 9.59 Å². The summed E-state index contributed by atoms with van der Waals surface area (Å²) >= 11 is 0. The van der Waals surface area contributed by atoms with Crippen molar-refractivity contribution in [2.75, 3.05) is 19.0 Å². The van der Waals surface area contributed by atoms with Crippen LogP contribution in [0.5, 0.6) is 5.75 Å². The summed E-state index contributed by atoms with van der Waals surface area (Å²) in [6.45, 7) is 3.15. The quantitative estimate of drug-likeness (QED) is 0.408. The molecule has 28 heavy (non-hydrogen) atoms. The first kappa shape index (κ1) is 21.0. The maximum absolute atomic E-state index is 12.1. The summed E-state index contributed by atoms with van der Waals surface area (Å²) in [6, 6.07) is 14.6. The van der Waals surface area contributed by atoms with Crippen molar-refractivity contribution in [1.29, 1.82) is 0 Å². The van der Waals surface area contributed by atoms with Crippen LogP contribution in [0.1, 0.15) is 25.0 Å². The van der Waals surface area contributed by atoms with Crippen LogP contribution in [0.25, 0.3) is 0 Å². The van der Waals surface area contributed by atoms with Gasteiger partial charge in [-0.15, -0.1) is 0 Å². The van der Waals surface area contributed by atoms with Crippen molar-refractivity contribution >= 4 is 23.8 Å². The number of rotatable bonds is 9. The molecule has 2 aromatic carbocycles. The van der Waals surface area contributed by atoms with Gasteiger partial charge in [-0.2, -0.15) is 0 Å². The first-order valence-electron chi connectivity index (χ1n) is 8.90. The average molecular weight is 384 g/mol. The highest BCUT2D eigenvalue weighted by atomic mass is 16.7. The standard InChI is InChI=1S/C21H24N2O5/c1-4-16-5-9-18(10-6-16)23-21(25)15(2)28-20(24)14-27-22-13-17-7-11-19(26-3)12-8-17/h5-13,15H,4,14H2,1-3H3,(H,23,25)/b22-13-/t15-/m0/s1. The van der Waals surface area contributed by atoms with Crippen LogP contribution in [0, 0.1) is 0 Å². The summed E-state index contributed by atoms with van der Waals surface area (Å²) in [7, 11) is 1.58. The molecular weight excluding hydrogens is 360 g/mol. The zero-order valence-electron chi connectivity index (χ0n) is 16.2. The number of nitrogens with zero attached hydrogens (tertiary/aromatic N) is 1. The van der Waals surface area contributed by atoms with Gasteiger partial charge >= 0.3 is 5.97 Å². The van der Waals surface area contributed by atoms with Crippen molar-refractivity contribution in [2.45, 2.75) is 26.4 Å². The van der Waals surface area contributed by atoms with Crippen LogP contribution in [0.4, 0.5) is 5.69 Å². The Bertz CT molecular complexity index is 801. The van der Waals surface area contributed by atoms with Gasteiger partial charge in [0.2, 0.25) is 6.61 Å². The van der Waals surface area contributed by atoms with Gasteiger partial charge in [-0.05, 0) is 60.9 Å². The third-order valence-electron chi connectivity index (χ3n) is 3.88. The average Bonchev–Trinajstić information content (AvgIpc) is 2.72. The first-order chi connectivity index (χ1) is 13.5. The molecule has 7 nitrogen and oxygen atoms in total. The number of benzene rings is 2. The number of carbonyl (C=O) groups is 2. The Morgan fingerprint density at radius 1 is 1.11 bits per heavy atom. The Morgan fingerprint density at radius 3 is 2.39 bits per heavy atom. The van der Waals surface area contributed by atoms with Gasteiger partial charge in [0.25, 0.3) is 5.91 Å². The molecule has 0 heterocycles. The molecule has 0 saturated heterocycles. The molecule has 0 aliphatic carbocycles. The fourth-order valence-electron chi connectivity index (χ4n) is 2.23. The summed E-state index contributed by atoms with van der Waals surface area (Å²) in [5.41, 5.74) is 2.60. The number of carbonyl (C=O) groups excluding carboxylic acids is 2. The molecule has 0 aromatic heterocycles. The fraction of sp³-hybridized carbons (Fsp3) is 0.286. The number of methoxy groups -OCH3 is 1. The zero-order valence-corrected chi connectivity index (χ0v) is 16.2. The number of oxime groups is 1. The van der Waals surface area contributed by atoms with Gasteiger partial charge in [-0.1, -0.05) is 24.2 Å². The Balaban J connectivity index is 1.73. The highest BCUT2D eigenvalue weighted by Crippen LogP contribution is 2.11. The molecule has 0 spiro atoms. The van der Waals surface area contributed by atoms with Crippen molar-refractivity contribution in [1.82, 2.24) is 0 Å². The third-order valence-corrected chi connectivity index (χ3v) is 3.88. The first-order valence-corrected chi connectivity index (χ1v) is 8.90. The molecule has 7 heteroatoms. The lowest BCUT2D eigenvalue weighted by molar-refractivity contribution is -0.157. The second-order valence-electron chi connectivity index (χ2n) is 5.95. The van der Waals surface area contributed by atoms with E-state index in [1.807, 2.05) is 24.3 Å². The van der Waals surface area contributed by atoms with Crippen LogP contribution >= 0.6 is 0 Å². The van der Waals surface area contributed by atoms with Gasteiger partial charge in [-0.25, -0.2) is 4.79 Å². The summed E-state index contributed by atoms with van der Waals surface area (Å²) in [6.07, 6.45) is 1.43. The minimum Gasteiger partial charge on any atom is -0.497 e. The number of hydrogen-bond acceptors (Lipinski definition) is 6. The predicted octanol–water partition coefficient (Wildman–Crippen LogP) is 3.18. The molecule has 1 atom stereocenters. The normalized spacial score (nSPS) is 11.7.